The Balaban J connectivity index is 1.09. The molecule has 0 aliphatic carbocycles. The summed E-state index contributed by atoms with van der Waals surface area (Å²) in [6.07, 6.45) is 0. The van der Waals surface area contributed by atoms with Crippen LogP contribution in [0.4, 0.5) is 17.1 Å². The van der Waals surface area contributed by atoms with E-state index >= 15 is 0 Å². The number of hydrogen-bond acceptors (Lipinski definition) is 1. The van der Waals surface area contributed by atoms with Crippen LogP contribution >= 0.6 is 0 Å². The standard InChI is InChI=1S/C60H42N2/c1-4-18-43(19-5-1)45-32-35-48(36-33-45)61(49-37-39-50(40-38-49)62-59-30-16-13-27-55(59)56-28-14-17-31-60(56)62)58-29-15-12-26-54(58)52-24-10-11-25-53(52)57-42-47(44-20-6-2-7-21-44)34-41-51(57)46-22-8-3-9-23-46/h1-42H. The number of para-hydroxylation sites is 3. The molecule has 62 heavy (non-hydrogen) atoms. The molecule has 0 N–H and O–H groups in total. The summed E-state index contributed by atoms with van der Waals surface area (Å²) in [6.45, 7) is 0. The van der Waals surface area contributed by atoms with Crippen LogP contribution < -0.4 is 4.90 Å². The normalized spacial score (nSPS) is 11.2. The van der Waals surface area contributed by atoms with E-state index in [1.54, 1.807) is 0 Å². The molecular weight excluding hydrogens is 749 g/mol. The second-order valence-electron chi connectivity index (χ2n) is 15.7. The predicted molar refractivity (Wildman–Crippen MR) is 263 cm³/mol. The molecule has 2 nitrogen and oxygen atoms in total. The van der Waals surface area contributed by atoms with Gasteiger partial charge in [-0.2, -0.15) is 0 Å². The van der Waals surface area contributed by atoms with E-state index in [0.29, 0.717) is 0 Å². The van der Waals surface area contributed by atoms with Crippen LogP contribution in [0.1, 0.15) is 0 Å². The monoisotopic (exact) mass is 790 g/mol. The number of fused-ring (bicyclic) bond motifs is 3. The molecule has 292 valence electrons. The Morgan fingerprint density at radius 1 is 0.258 bits per heavy atom. The molecule has 0 spiro atoms. The van der Waals surface area contributed by atoms with Crippen molar-refractivity contribution in [1.82, 2.24) is 4.57 Å². The Hall–Kier alpha value is -8.20. The maximum Gasteiger partial charge on any atom is 0.0541 e. The Bertz CT molecular complexity index is 3260. The molecule has 0 saturated heterocycles. The van der Waals surface area contributed by atoms with Gasteiger partial charge in [0.25, 0.3) is 0 Å². The zero-order valence-electron chi connectivity index (χ0n) is 34.1. The lowest BCUT2D eigenvalue weighted by molar-refractivity contribution is 1.17. The average Bonchev–Trinajstić information content (AvgIpc) is 3.70. The Morgan fingerprint density at radius 2 is 0.677 bits per heavy atom. The molecule has 0 bridgehead atoms. The highest BCUT2D eigenvalue weighted by molar-refractivity contribution is 6.09. The maximum atomic E-state index is 2.41. The lowest BCUT2D eigenvalue weighted by atomic mass is 9.87. The van der Waals surface area contributed by atoms with Gasteiger partial charge in [-0.25, -0.2) is 0 Å². The van der Waals surface area contributed by atoms with Gasteiger partial charge in [0.1, 0.15) is 0 Å². The molecule has 1 heterocycles. The molecule has 0 radical (unpaired) electrons. The van der Waals surface area contributed by atoms with Crippen LogP contribution in [0.15, 0.2) is 255 Å². The molecule has 0 atom stereocenters. The summed E-state index contributed by atoms with van der Waals surface area (Å²) in [5, 5.41) is 2.51. The molecule has 0 fully saturated rings. The maximum absolute atomic E-state index is 2.41. The van der Waals surface area contributed by atoms with Crippen molar-refractivity contribution < 1.29 is 0 Å². The third-order valence-electron chi connectivity index (χ3n) is 12.0. The summed E-state index contributed by atoms with van der Waals surface area (Å²) in [7, 11) is 0. The van der Waals surface area contributed by atoms with Crippen molar-refractivity contribution in [3.63, 3.8) is 0 Å². The molecule has 10 aromatic carbocycles. The zero-order valence-corrected chi connectivity index (χ0v) is 34.1. The van der Waals surface area contributed by atoms with E-state index in [4.69, 9.17) is 0 Å². The summed E-state index contributed by atoms with van der Waals surface area (Å²) >= 11 is 0. The van der Waals surface area contributed by atoms with Gasteiger partial charge in [-0.1, -0.05) is 194 Å². The highest BCUT2D eigenvalue weighted by Gasteiger charge is 2.21. The molecule has 11 aromatic rings. The van der Waals surface area contributed by atoms with Crippen LogP contribution in [0, 0.1) is 0 Å². The molecular formula is C60H42N2. The minimum atomic E-state index is 1.07. The fourth-order valence-corrected chi connectivity index (χ4v) is 9.11. The summed E-state index contributed by atoms with van der Waals surface area (Å²) in [5.41, 5.74) is 18.6. The van der Waals surface area contributed by atoms with Gasteiger partial charge < -0.3 is 9.47 Å². The van der Waals surface area contributed by atoms with Crippen LogP contribution in [0.3, 0.4) is 0 Å². The van der Waals surface area contributed by atoms with E-state index in [2.05, 4.69) is 264 Å². The van der Waals surface area contributed by atoms with Gasteiger partial charge in [-0.15, -0.1) is 0 Å². The zero-order chi connectivity index (χ0) is 41.2. The Labute approximate surface area is 362 Å². The largest absolute Gasteiger partial charge is 0.310 e. The lowest BCUT2D eigenvalue weighted by Gasteiger charge is -2.29. The first kappa shape index (κ1) is 36.8. The number of anilines is 3. The van der Waals surface area contributed by atoms with E-state index in [-0.39, 0.29) is 0 Å². The van der Waals surface area contributed by atoms with Gasteiger partial charge in [0, 0.05) is 33.4 Å². The van der Waals surface area contributed by atoms with Crippen molar-refractivity contribution in [3.8, 4) is 61.3 Å². The molecule has 0 saturated carbocycles. The topological polar surface area (TPSA) is 8.17 Å². The van der Waals surface area contributed by atoms with Crippen molar-refractivity contribution in [2.24, 2.45) is 0 Å². The second kappa shape index (κ2) is 16.1. The van der Waals surface area contributed by atoms with E-state index < -0.39 is 0 Å². The van der Waals surface area contributed by atoms with Crippen LogP contribution in [0.5, 0.6) is 0 Å². The minimum Gasteiger partial charge on any atom is -0.310 e. The number of hydrogen-bond donors (Lipinski definition) is 0. The Morgan fingerprint density at radius 3 is 1.27 bits per heavy atom. The van der Waals surface area contributed by atoms with E-state index in [9.17, 15) is 0 Å². The first-order chi connectivity index (χ1) is 30.8. The van der Waals surface area contributed by atoms with Gasteiger partial charge in [0.2, 0.25) is 0 Å². The quantitative estimate of drug-likeness (QED) is 0.141. The average molecular weight is 791 g/mol. The predicted octanol–water partition coefficient (Wildman–Crippen LogP) is 16.6. The molecule has 0 aliphatic rings. The summed E-state index contributed by atoms with van der Waals surface area (Å²) in [5.74, 6) is 0. The highest BCUT2D eigenvalue weighted by Crippen LogP contribution is 2.46. The van der Waals surface area contributed by atoms with E-state index in [0.717, 1.165) is 28.3 Å². The first-order valence-corrected chi connectivity index (χ1v) is 21.3. The van der Waals surface area contributed by atoms with Crippen molar-refractivity contribution in [1.29, 1.82) is 0 Å². The molecule has 1 aromatic heterocycles. The third-order valence-corrected chi connectivity index (χ3v) is 12.0. The van der Waals surface area contributed by atoms with Crippen molar-refractivity contribution in [2.75, 3.05) is 4.90 Å². The smallest absolute Gasteiger partial charge is 0.0541 e. The lowest BCUT2D eigenvalue weighted by Crippen LogP contribution is -2.11. The number of rotatable bonds is 9. The third kappa shape index (κ3) is 6.74. The van der Waals surface area contributed by atoms with Crippen molar-refractivity contribution in [2.45, 2.75) is 0 Å². The Kier molecular flexibility index (Phi) is 9.57. The molecule has 0 aliphatic heterocycles. The molecule has 0 amide bonds. The van der Waals surface area contributed by atoms with Gasteiger partial charge in [0.05, 0.1) is 16.7 Å². The van der Waals surface area contributed by atoms with Crippen LogP contribution in [-0.2, 0) is 0 Å². The number of nitrogens with zero attached hydrogens (tertiary/aromatic N) is 2. The van der Waals surface area contributed by atoms with Crippen LogP contribution in [0.25, 0.3) is 83.1 Å². The SMILES string of the molecule is c1ccc(-c2ccc(N(c3ccc(-n4c5ccccc5c5ccccc54)cc3)c3ccccc3-c3ccccc3-c3cc(-c4ccccc4)ccc3-c3ccccc3)cc2)cc1. The van der Waals surface area contributed by atoms with Gasteiger partial charge >= 0.3 is 0 Å². The fourth-order valence-electron chi connectivity index (χ4n) is 9.11. The van der Waals surface area contributed by atoms with E-state index in [1.807, 2.05) is 0 Å². The molecule has 2 heteroatoms. The van der Waals surface area contributed by atoms with Gasteiger partial charge in [0.15, 0.2) is 0 Å². The fraction of sp³-hybridized carbons (Fsp3) is 0. The first-order valence-electron chi connectivity index (χ1n) is 21.3. The van der Waals surface area contributed by atoms with Crippen LogP contribution in [0.2, 0.25) is 0 Å². The summed E-state index contributed by atoms with van der Waals surface area (Å²) in [4.78, 5) is 2.41. The van der Waals surface area contributed by atoms with Gasteiger partial charge in [-0.3, -0.25) is 0 Å². The minimum absolute atomic E-state index is 1.07. The summed E-state index contributed by atoms with van der Waals surface area (Å²) in [6, 6.07) is 92.1. The number of benzene rings is 10. The number of aromatic nitrogens is 1. The van der Waals surface area contributed by atoms with Crippen LogP contribution in [-0.4, -0.2) is 4.57 Å². The van der Waals surface area contributed by atoms with Gasteiger partial charge in [-0.05, 0) is 111 Å². The van der Waals surface area contributed by atoms with E-state index in [1.165, 1.54) is 71.9 Å². The van der Waals surface area contributed by atoms with Crippen molar-refractivity contribution in [3.05, 3.63) is 255 Å². The highest BCUT2D eigenvalue weighted by atomic mass is 15.1. The molecule has 0 unspecified atom stereocenters. The van der Waals surface area contributed by atoms with Crippen molar-refractivity contribution >= 4 is 38.9 Å². The summed E-state index contributed by atoms with van der Waals surface area (Å²) < 4.78 is 2.38. The second-order valence-corrected chi connectivity index (χ2v) is 15.7. The molecule has 11 rings (SSSR count).